The molecule has 2 N–H and O–H groups in total. The third-order valence-corrected chi connectivity index (χ3v) is 5.97. The third-order valence-electron chi connectivity index (χ3n) is 4.60. The van der Waals surface area contributed by atoms with E-state index in [-0.39, 0.29) is 15.7 Å². The highest BCUT2D eigenvalue weighted by Gasteiger charge is 1.96. The highest BCUT2D eigenvalue weighted by Crippen LogP contribution is 2.12. The number of primary amides is 1. The monoisotopic (exact) mass is 357 g/mol. The van der Waals surface area contributed by atoms with Crippen LogP contribution >= 0.6 is 0 Å². The van der Waals surface area contributed by atoms with Crippen LogP contribution in [0.25, 0.3) is 0 Å². The second-order valence-corrected chi connectivity index (χ2v) is 8.66. The van der Waals surface area contributed by atoms with E-state index in [0.29, 0.717) is 6.42 Å². The Hall–Kier alpha value is -0.353. The van der Waals surface area contributed by atoms with E-state index in [2.05, 4.69) is 6.92 Å². The number of nitrogens with two attached hydrogens (primary N) is 1. The minimum absolute atomic E-state index is 0.00849. The van der Waals surface area contributed by atoms with Gasteiger partial charge in [-0.1, -0.05) is 90.4 Å². The zero-order valence-corrected chi connectivity index (χ0v) is 17.7. The molecule has 0 aromatic heterocycles. The van der Waals surface area contributed by atoms with Crippen molar-refractivity contribution in [1.82, 2.24) is 0 Å². The Balaban J connectivity index is 0.000000728. The van der Waals surface area contributed by atoms with Gasteiger partial charge in [-0.05, 0) is 18.9 Å². The van der Waals surface area contributed by atoms with E-state index in [9.17, 15) is 4.79 Å². The zero-order chi connectivity index (χ0) is 17.7. The fourth-order valence-electron chi connectivity index (χ4n) is 3.00. The lowest BCUT2D eigenvalue weighted by molar-refractivity contribution is -0.118. The molecule has 1 aliphatic rings. The van der Waals surface area contributed by atoms with Crippen molar-refractivity contribution in [2.24, 2.45) is 5.73 Å². The number of hydrogen-bond acceptors (Lipinski definition) is 2. The van der Waals surface area contributed by atoms with Gasteiger partial charge >= 0.3 is 0 Å². The molecule has 1 fully saturated rings. The molecule has 1 saturated heterocycles. The molecule has 1 aliphatic heterocycles. The largest absolute Gasteiger partial charge is 0.424 e. The first-order valence-corrected chi connectivity index (χ1v) is 12.2. The molecule has 0 atom stereocenters. The van der Waals surface area contributed by atoms with Crippen LogP contribution in [0, 0.1) is 0 Å². The van der Waals surface area contributed by atoms with Gasteiger partial charge in [0.1, 0.15) is 0 Å². The van der Waals surface area contributed by atoms with Crippen molar-refractivity contribution in [3.8, 4) is 0 Å². The normalized spacial score (nSPS) is 15.0. The molecule has 0 aromatic carbocycles. The van der Waals surface area contributed by atoms with Crippen molar-refractivity contribution in [2.45, 2.75) is 116 Å². The molecule has 0 radical (unpaired) electrons. The minimum Gasteiger partial charge on any atom is -0.424 e. The van der Waals surface area contributed by atoms with Crippen molar-refractivity contribution in [3.05, 3.63) is 0 Å². The van der Waals surface area contributed by atoms with Crippen LogP contribution in [0.3, 0.4) is 0 Å². The molecule has 0 unspecified atom stereocenters. The molecule has 3 nitrogen and oxygen atoms in total. The van der Waals surface area contributed by atoms with Gasteiger partial charge in [0.2, 0.25) is 5.91 Å². The summed E-state index contributed by atoms with van der Waals surface area (Å²) in [7, 11) is 0.00849. The summed E-state index contributed by atoms with van der Waals surface area (Å²) < 4.78 is 5.21. The molecule has 0 aliphatic carbocycles. The van der Waals surface area contributed by atoms with E-state index in [1.54, 1.807) is 0 Å². The molecule has 1 rings (SSSR count). The molecule has 1 amide bonds. The van der Waals surface area contributed by atoms with E-state index in [0.717, 1.165) is 13.0 Å². The van der Waals surface area contributed by atoms with E-state index < -0.39 is 0 Å². The summed E-state index contributed by atoms with van der Waals surface area (Å²) in [6.45, 7) is 3.33. The second-order valence-electron chi connectivity index (χ2n) is 7.13. The molecule has 24 heavy (non-hydrogen) atoms. The van der Waals surface area contributed by atoms with Gasteiger partial charge in [-0.3, -0.25) is 4.79 Å². The molecule has 0 aromatic rings. The van der Waals surface area contributed by atoms with Crippen molar-refractivity contribution in [2.75, 3.05) is 6.61 Å². The summed E-state index contributed by atoms with van der Waals surface area (Å²) in [5.74, 6) is -0.155. The number of unbranched alkanes of at least 4 members (excludes halogenated alkanes) is 12. The van der Waals surface area contributed by atoms with Gasteiger partial charge in [-0.15, -0.1) is 0 Å². The molecular weight excluding hydrogens is 314 g/mol. The van der Waals surface area contributed by atoms with Crippen LogP contribution in [0.5, 0.6) is 0 Å². The van der Waals surface area contributed by atoms with Crippen LogP contribution in [-0.2, 0) is 9.22 Å². The van der Waals surface area contributed by atoms with Gasteiger partial charge in [-0.2, -0.15) is 0 Å². The van der Waals surface area contributed by atoms with Crippen LogP contribution in [0.15, 0.2) is 0 Å². The van der Waals surface area contributed by atoms with Crippen LogP contribution in [-0.4, -0.2) is 22.3 Å². The molecule has 4 heteroatoms. The highest BCUT2D eigenvalue weighted by atomic mass is 28.2. The van der Waals surface area contributed by atoms with E-state index in [4.69, 9.17) is 10.2 Å². The van der Waals surface area contributed by atoms with Crippen molar-refractivity contribution in [3.63, 3.8) is 0 Å². The van der Waals surface area contributed by atoms with Crippen LogP contribution < -0.4 is 5.73 Å². The molecule has 144 valence electrons. The number of amides is 1. The molecule has 0 bridgehead atoms. The number of rotatable bonds is 14. The van der Waals surface area contributed by atoms with Crippen molar-refractivity contribution in [1.29, 1.82) is 0 Å². The highest BCUT2D eigenvalue weighted by molar-refractivity contribution is 6.27. The second kappa shape index (κ2) is 20.7. The smallest absolute Gasteiger partial charge is 0.217 e. The van der Waals surface area contributed by atoms with Gasteiger partial charge in [0, 0.05) is 13.0 Å². The lowest BCUT2D eigenvalue weighted by Crippen LogP contribution is -2.09. The number of carbonyl (C=O) groups is 1. The summed E-state index contributed by atoms with van der Waals surface area (Å²) in [6, 6.07) is 1.42. The first-order chi connectivity index (χ1) is 11.8. The average molecular weight is 358 g/mol. The maximum Gasteiger partial charge on any atom is 0.217 e. The molecular formula is C20H43NO2Si. The van der Waals surface area contributed by atoms with Crippen molar-refractivity contribution < 1.29 is 9.22 Å². The Kier molecular flexibility index (Phi) is 20.4. The van der Waals surface area contributed by atoms with Gasteiger partial charge < -0.3 is 10.2 Å². The van der Waals surface area contributed by atoms with Gasteiger partial charge in [0.05, 0.1) is 0 Å². The number of carbonyl (C=O) groups excluding carboxylic acids is 1. The predicted molar refractivity (Wildman–Crippen MR) is 108 cm³/mol. The summed E-state index contributed by atoms with van der Waals surface area (Å²) in [5.41, 5.74) is 5.09. The quantitative estimate of drug-likeness (QED) is 0.341. The Morgan fingerprint density at radius 3 is 1.62 bits per heavy atom. The molecule has 0 spiro atoms. The molecule has 1 heterocycles. The maximum atomic E-state index is 10.5. The maximum absolute atomic E-state index is 10.5. The lowest BCUT2D eigenvalue weighted by Gasteiger charge is -2.07. The van der Waals surface area contributed by atoms with Gasteiger partial charge in [0.25, 0.3) is 0 Å². The zero-order valence-electron chi connectivity index (χ0n) is 16.3. The first kappa shape index (κ1) is 23.6. The SMILES string of the molecule is C1CC[SiH2]OC1.CCCCCCCCCCCCCCCC(N)=O. The Morgan fingerprint density at radius 1 is 0.833 bits per heavy atom. The summed E-state index contributed by atoms with van der Waals surface area (Å²) in [4.78, 5) is 10.5. The Bertz CT molecular complexity index is 247. The van der Waals surface area contributed by atoms with Crippen LogP contribution in [0.2, 0.25) is 6.04 Å². The lowest BCUT2D eigenvalue weighted by atomic mass is 10.0. The predicted octanol–water partition coefficient (Wildman–Crippen LogP) is 5.25. The molecule has 0 saturated carbocycles. The first-order valence-electron chi connectivity index (χ1n) is 10.6. The Labute approximate surface area is 153 Å². The van der Waals surface area contributed by atoms with Crippen molar-refractivity contribution >= 4 is 15.7 Å². The fourth-order valence-corrected chi connectivity index (χ4v) is 4.17. The topological polar surface area (TPSA) is 52.3 Å². The summed E-state index contributed by atoms with van der Waals surface area (Å²) in [5, 5.41) is 0. The Morgan fingerprint density at radius 2 is 1.33 bits per heavy atom. The average Bonchev–Trinajstić information content (AvgIpc) is 2.61. The number of hydrogen-bond donors (Lipinski definition) is 1. The van der Waals surface area contributed by atoms with E-state index >= 15 is 0 Å². The minimum atomic E-state index is -0.155. The van der Waals surface area contributed by atoms with E-state index in [1.807, 2.05) is 0 Å². The fraction of sp³-hybridized carbons (Fsp3) is 0.950. The van der Waals surface area contributed by atoms with Crippen LogP contribution in [0.4, 0.5) is 0 Å². The van der Waals surface area contributed by atoms with Crippen LogP contribution in [0.1, 0.15) is 110 Å². The summed E-state index contributed by atoms with van der Waals surface area (Å²) >= 11 is 0. The summed E-state index contributed by atoms with van der Waals surface area (Å²) in [6.07, 6.45) is 20.7. The van der Waals surface area contributed by atoms with E-state index in [1.165, 1.54) is 95.9 Å². The van der Waals surface area contributed by atoms with Gasteiger partial charge in [-0.25, -0.2) is 0 Å². The third kappa shape index (κ3) is 21.6. The standard InChI is InChI=1S/C16H33NO.C4H10OSi/c1-2-3-4-5-6-7-8-9-10-11-12-13-14-15-16(17)18;1-2-4-6-5-3-1/h2-15H2,1H3,(H2,17,18);1-4,6H2. The van der Waals surface area contributed by atoms with Gasteiger partial charge in [0.15, 0.2) is 9.76 Å².